The number of carbonyl (C=O) groups is 1. The molecule has 0 aliphatic carbocycles. The molecule has 6 N–H and O–H groups in total. The van der Waals surface area contributed by atoms with Crippen LogP contribution in [-0.2, 0) is 43.8 Å². The van der Waals surface area contributed by atoms with Crippen molar-refractivity contribution in [2.24, 2.45) is 16.5 Å². The summed E-state index contributed by atoms with van der Waals surface area (Å²) in [7, 11) is -7.86. The van der Waals surface area contributed by atoms with Crippen LogP contribution in [0.1, 0.15) is 0 Å². The fourth-order valence-corrected chi connectivity index (χ4v) is 0. The molecule has 0 rings (SSSR count). The van der Waals surface area contributed by atoms with Crippen molar-refractivity contribution in [2.45, 2.75) is 0 Å². The van der Waals surface area contributed by atoms with Gasteiger partial charge in [-0.25, -0.2) is 25.6 Å². The summed E-state index contributed by atoms with van der Waals surface area (Å²) in [5, 5.41) is 0. The molecule has 0 saturated carbocycles. The van der Waals surface area contributed by atoms with E-state index in [4.69, 9.17) is 34.2 Å². The average molecular weight is 473 g/mol. The van der Waals surface area contributed by atoms with Gasteiger partial charge in [-0.05, 0) is 0 Å². The minimum atomic E-state index is -2.62. The van der Waals surface area contributed by atoms with Gasteiger partial charge in [-0.15, -0.1) is 0 Å². The van der Waals surface area contributed by atoms with Crippen LogP contribution in [0.4, 0.5) is 0 Å². The van der Waals surface area contributed by atoms with Crippen LogP contribution in [0.3, 0.4) is 0 Å². The van der Waals surface area contributed by atoms with Gasteiger partial charge in [0.1, 0.15) is 6.79 Å². The van der Waals surface area contributed by atoms with Crippen LogP contribution in [0.5, 0.6) is 0 Å². The molecule has 0 saturated heterocycles. The van der Waals surface area contributed by atoms with Crippen molar-refractivity contribution in [2.75, 3.05) is 0 Å². The molecule has 0 unspecified atom stereocenters. The molecule has 0 aromatic heterocycles. The van der Waals surface area contributed by atoms with Crippen LogP contribution in [0.15, 0.2) is 0 Å². The number of nitrogens with two attached hydrogens (primary N) is 3. The van der Waals surface area contributed by atoms with Gasteiger partial charge in [0.25, 0.3) is 0 Å². The Morgan fingerprint density at radius 3 is 0.625 bits per heavy atom. The molecule has 0 aliphatic rings. The van der Waals surface area contributed by atoms with E-state index in [-0.39, 0.29) is 39.0 Å². The number of hydrogen-bond donors (Lipinski definition) is 3. The first-order valence-electron chi connectivity index (χ1n) is 2.16. The standard InChI is InChI=1S/CH2O.3H2NO2P.2Rh/c1-2;3*1-4(2)3;;/h1H2;3*1H2;;/q;3*-2;2*+3. The SMILES string of the molecule is C=O.NP([O-])[O-].NP([O-])[O-].NP([O-])[O-].[Rh+3].[Rh+3]. The van der Waals surface area contributed by atoms with Crippen LogP contribution < -0.4 is 45.9 Å². The summed E-state index contributed by atoms with van der Waals surface area (Å²) in [6, 6.07) is 0. The van der Waals surface area contributed by atoms with Crippen molar-refractivity contribution in [3.63, 3.8) is 0 Å². The fraction of sp³-hybridized carbons (Fsp3) is 0. The second-order valence-corrected chi connectivity index (χ2v) is 2.57. The maximum atomic E-state index is 8.81. The topological polar surface area (TPSA) is 233 Å². The molecule has 0 aromatic rings. The van der Waals surface area contributed by atoms with Crippen molar-refractivity contribution in [1.29, 1.82) is 0 Å². The van der Waals surface area contributed by atoms with E-state index in [9.17, 15) is 0 Å². The monoisotopic (exact) mass is 473 g/mol. The minimum Gasteiger partial charge on any atom is -0.830 e. The molecule has 0 aliphatic heterocycles. The Morgan fingerprint density at radius 1 is 0.625 bits per heavy atom. The maximum absolute atomic E-state index is 8.81. The summed E-state index contributed by atoms with van der Waals surface area (Å²) in [6.07, 6.45) is 0. The van der Waals surface area contributed by atoms with Gasteiger partial charge in [0.05, 0.1) is 0 Å². The first-order valence-corrected chi connectivity index (χ1v) is 5.90. The van der Waals surface area contributed by atoms with Crippen LogP contribution >= 0.6 is 25.6 Å². The predicted octanol–water partition coefficient (Wildman–Crippen LogP) is -6.51. The molecular weight excluding hydrogens is 465 g/mol. The van der Waals surface area contributed by atoms with Crippen molar-refractivity contribution in [3.05, 3.63) is 0 Å². The first-order chi connectivity index (χ1) is 6.20. The minimum absolute atomic E-state index is 0. The van der Waals surface area contributed by atoms with E-state index in [1.165, 1.54) is 0 Å². The third-order valence-corrected chi connectivity index (χ3v) is 0. The number of hydrogen-bond acceptors (Lipinski definition) is 10. The van der Waals surface area contributed by atoms with Gasteiger partial charge in [0, 0.05) is 0 Å². The summed E-state index contributed by atoms with van der Waals surface area (Å²) >= 11 is 0. The molecule has 102 valence electrons. The smallest absolute Gasteiger partial charge is 0.830 e. The van der Waals surface area contributed by atoms with Gasteiger partial charge < -0.3 is 50.7 Å². The number of carbonyl (C=O) groups excluding carboxylic acids is 1. The zero-order chi connectivity index (χ0) is 12.7. The number of rotatable bonds is 0. The molecule has 16 heavy (non-hydrogen) atoms. The molecule has 0 heterocycles. The summed E-state index contributed by atoms with van der Waals surface area (Å²) in [4.78, 5) is 60.9. The van der Waals surface area contributed by atoms with Crippen molar-refractivity contribution < 1.29 is 73.1 Å². The Hall–Kier alpha value is 1.85. The third kappa shape index (κ3) is 1020. The fourth-order valence-electron chi connectivity index (χ4n) is 0. The van der Waals surface area contributed by atoms with Gasteiger partial charge in [-0.2, -0.15) is 0 Å². The van der Waals surface area contributed by atoms with E-state index < -0.39 is 25.6 Å². The van der Waals surface area contributed by atoms with Gasteiger partial charge >= 0.3 is 39.0 Å². The molecule has 0 atom stereocenters. The van der Waals surface area contributed by atoms with Gasteiger partial charge in [-0.1, -0.05) is 0 Å². The van der Waals surface area contributed by atoms with E-state index in [0.29, 0.717) is 0 Å². The van der Waals surface area contributed by atoms with Gasteiger partial charge in [-0.3, -0.25) is 0 Å². The van der Waals surface area contributed by atoms with Gasteiger partial charge in [0.2, 0.25) is 0 Å². The summed E-state index contributed by atoms with van der Waals surface area (Å²) in [5.41, 5.74) is 12.2. The van der Waals surface area contributed by atoms with Crippen LogP contribution in [0.2, 0.25) is 0 Å². The van der Waals surface area contributed by atoms with Crippen LogP contribution in [0, 0.1) is 0 Å². The molecule has 0 aromatic carbocycles. The predicted molar refractivity (Wildman–Crippen MR) is 40.4 cm³/mol. The molecule has 0 radical (unpaired) electrons. The molecule has 0 fully saturated rings. The second-order valence-electron chi connectivity index (χ2n) is 0.856. The zero-order valence-corrected chi connectivity index (χ0v) is 13.3. The van der Waals surface area contributed by atoms with E-state index in [1.807, 2.05) is 6.79 Å². The Kier molecular flexibility index (Phi) is 81.1. The normalized spacial score (nSPS) is 7.00. The zero-order valence-electron chi connectivity index (χ0n) is 7.31. The Morgan fingerprint density at radius 2 is 0.625 bits per heavy atom. The van der Waals surface area contributed by atoms with Crippen LogP contribution in [-0.4, -0.2) is 6.79 Å². The van der Waals surface area contributed by atoms with Gasteiger partial charge in [0.15, 0.2) is 0 Å². The molecule has 0 amide bonds. The van der Waals surface area contributed by atoms with Crippen molar-refractivity contribution in [3.8, 4) is 0 Å². The Labute approximate surface area is 122 Å². The first kappa shape index (κ1) is 36.1. The largest absolute Gasteiger partial charge is 3.00 e. The van der Waals surface area contributed by atoms with E-state index >= 15 is 0 Å². The summed E-state index contributed by atoms with van der Waals surface area (Å²) in [5.74, 6) is 0. The van der Waals surface area contributed by atoms with Crippen LogP contribution in [0.25, 0.3) is 0 Å². The summed E-state index contributed by atoms with van der Waals surface area (Å²) in [6.45, 7) is 2.00. The van der Waals surface area contributed by atoms with Crippen molar-refractivity contribution >= 4 is 32.4 Å². The molecule has 0 bridgehead atoms. The molecule has 10 nitrogen and oxygen atoms in total. The van der Waals surface area contributed by atoms with E-state index in [2.05, 4.69) is 16.5 Å². The molecule has 15 heteroatoms. The Balaban J connectivity index is -0.0000000205. The Bertz CT molecular complexity index is 70.7. The third-order valence-electron chi connectivity index (χ3n) is 0. The maximum Gasteiger partial charge on any atom is 3.00 e. The van der Waals surface area contributed by atoms with E-state index in [0.717, 1.165) is 0 Å². The molecule has 0 spiro atoms. The van der Waals surface area contributed by atoms with Crippen molar-refractivity contribution in [1.82, 2.24) is 0 Å². The average Bonchev–Trinajstić information content (AvgIpc) is 1.86. The second kappa shape index (κ2) is 36.0. The molecular formula is CH8N3O7P3Rh2. The summed E-state index contributed by atoms with van der Waals surface area (Å²) < 4.78 is 0. The quantitative estimate of drug-likeness (QED) is 0.222. The van der Waals surface area contributed by atoms with E-state index in [1.54, 1.807) is 0 Å².